The smallest absolute Gasteiger partial charge is 0.239 e. The second-order valence-corrected chi connectivity index (χ2v) is 4.13. The first-order valence-corrected chi connectivity index (χ1v) is 5.96. The molecule has 100 valence electrons. The lowest BCUT2D eigenvalue weighted by atomic mass is 10.0. The highest BCUT2D eigenvalue weighted by Gasteiger charge is 2.15. The Morgan fingerprint density at radius 3 is 2.65 bits per heavy atom. The Bertz CT molecular complexity index is 243. The predicted octanol–water partition coefficient (Wildman–Crippen LogP) is 0.0502. The molecule has 3 N–H and O–H groups in total. The fourth-order valence-corrected chi connectivity index (χ4v) is 1.82. The Hall–Kier alpha value is -0.810. The maximum Gasteiger partial charge on any atom is 0.239 e. The molecule has 1 aliphatic rings. The van der Waals surface area contributed by atoms with E-state index in [0.717, 1.165) is 25.9 Å². The second-order valence-electron chi connectivity index (χ2n) is 4.13. The third-order valence-corrected chi connectivity index (χ3v) is 2.76. The predicted molar refractivity (Wildman–Crippen MR) is 69.2 cm³/mol. The van der Waals surface area contributed by atoms with E-state index in [4.69, 9.17) is 0 Å². The van der Waals surface area contributed by atoms with E-state index in [1.165, 1.54) is 0 Å². The summed E-state index contributed by atoms with van der Waals surface area (Å²) in [5, 5.41) is 8.52. The van der Waals surface area contributed by atoms with E-state index in [9.17, 15) is 9.59 Å². The lowest BCUT2D eigenvalue weighted by Crippen LogP contribution is -2.36. The summed E-state index contributed by atoms with van der Waals surface area (Å²) in [6.45, 7) is 4.62. The summed E-state index contributed by atoms with van der Waals surface area (Å²) < 4.78 is 0. The van der Waals surface area contributed by atoms with Crippen molar-refractivity contribution < 1.29 is 9.59 Å². The molecule has 0 aliphatic carbocycles. The summed E-state index contributed by atoms with van der Waals surface area (Å²) in [6, 6.07) is 0. The number of nitrogens with one attached hydrogen (secondary N) is 3. The molecule has 2 amide bonds. The molecule has 1 rings (SSSR count). The minimum absolute atomic E-state index is 0. The highest BCUT2D eigenvalue weighted by molar-refractivity contribution is 5.85. The third-order valence-electron chi connectivity index (χ3n) is 2.76. The van der Waals surface area contributed by atoms with Gasteiger partial charge < -0.3 is 16.0 Å². The van der Waals surface area contributed by atoms with E-state index in [1.807, 2.05) is 6.92 Å². The molecule has 5 nitrogen and oxygen atoms in total. The molecule has 1 aliphatic heterocycles. The summed E-state index contributed by atoms with van der Waals surface area (Å²) in [6.07, 6.45) is 2.59. The van der Waals surface area contributed by atoms with Crippen LogP contribution >= 0.6 is 12.4 Å². The van der Waals surface area contributed by atoms with Gasteiger partial charge in [0.05, 0.1) is 6.54 Å². The van der Waals surface area contributed by atoms with Gasteiger partial charge in [-0.25, -0.2) is 0 Å². The van der Waals surface area contributed by atoms with Crippen molar-refractivity contribution in [2.45, 2.75) is 26.2 Å². The Morgan fingerprint density at radius 1 is 1.29 bits per heavy atom. The first-order chi connectivity index (χ1) is 7.72. The number of hydrogen-bond acceptors (Lipinski definition) is 3. The van der Waals surface area contributed by atoms with Crippen LogP contribution < -0.4 is 16.0 Å². The number of likely N-dealkylation sites (N-methyl/N-ethyl adjacent to an activating group) is 1. The van der Waals surface area contributed by atoms with Gasteiger partial charge in [0.1, 0.15) is 0 Å². The van der Waals surface area contributed by atoms with Crippen molar-refractivity contribution in [2.75, 3.05) is 26.2 Å². The van der Waals surface area contributed by atoms with E-state index >= 15 is 0 Å². The van der Waals surface area contributed by atoms with Gasteiger partial charge in [0.25, 0.3) is 0 Å². The number of rotatable bonds is 6. The topological polar surface area (TPSA) is 70.2 Å². The lowest BCUT2D eigenvalue weighted by molar-refractivity contribution is -0.126. The molecular weight excluding hydrogens is 242 g/mol. The number of carbonyl (C=O) groups is 2. The summed E-state index contributed by atoms with van der Waals surface area (Å²) in [5.74, 6) is 0.465. The van der Waals surface area contributed by atoms with Crippen LogP contribution in [0.4, 0.5) is 0 Å². The monoisotopic (exact) mass is 263 g/mol. The van der Waals surface area contributed by atoms with Crippen molar-refractivity contribution in [1.82, 2.24) is 16.0 Å². The van der Waals surface area contributed by atoms with Crippen LogP contribution in [0.1, 0.15) is 26.2 Å². The minimum Gasteiger partial charge on any atom is -0.355 e. The summed E-state index contributed by atoms with van der Waals surface area (Å²) in [7, 11) is 0. The van der Waals surface area contributed by atoms with Crippen LogP contribution in [-0.4, -0.2) is 38.0 Å². The molecular formula is C11H22ClN3O2. The molecule has 0 bridgehead atoms. The zero-order chi connectivity index (χ0) is 11.8. The fourth-order valence-electron chi connectivity index (χ4n) is 1.82. The zero-order valence-electron chi connectivity index (χ0n) is 10.3. The van der Waals surface area contributed by atoms with Crippen LogP contribution in [0.15, 0.2) is 0 Å². The molecule has 0 saturated carbocycles. The molecule has 1 saturated heterocycles. The summed E-state index contributed by atoms with van der Waals surface area (Å²) in [5.41, 5.74) is 0. The average Bonchev–Trinajstić information content (AvgIpc) is 2.77. The van der Waals surface area contributed by atoms with Crippen LogP contribution in [0.2, 0.25) is 0 Å². The molecule has 0 aromatic rings. The SMILES string of the molecule is CCNC(=O)CNC(=O)CCC1CCNC1.Cl. The summed E-state index contributed by atoms with van der Waals surface area (Å²) >= 11 is 0. The van der Waals surface area contributed by atoms with Crippen LogP contribution in [0.3, 0.4) is 0 Å². The zero-order valence-corrected chi connectivity index (χ0v) is 11.1. The Morgan fingerprint density at radius 2 is 2.06 bits per heavy atom. The highest BCUT2D eigenvalue weighted by Crippen LogP contribution is 2.13. The van der Waals surface area contributed by atoms with Gasteiger partial charge in [0.2, 0.25) is 11.8 Å². The van der Waals surface area contributed by atoms with Gasteiger partial charge in [0.15, 0.2) is 0 Å². The maximum absolute atomic E-state index is 11.4. The molecule has 0 radical (unpaired) electrons. The number of carbonyl (C=O) groups excluding carboxylic acids is 2. The first kappa shape index (κ1) is 16.2. The van der Waals surface area contributed by atoms with Crippen LogP contribution in [0.25, 0.3) is 0 Å². The van der Waals surface area contributed by atoms with Crippen LogP contribution in [0.5, 0.6) is 0 Å². The number of halogens is 1. The lowest BCUT2D eigenvalue weighted by Gasteiger charge is -2.08. The van der Waals surface area contributed by atoms with Gasteiger partial charge in [-0.05, 0) is 38.8 Å². The van der Waals surface area contributed by atoms with E-state index in [-0.39, 0.29) is 30.8 Å². The molecule has 0 aromatic heterocycles. The molecule has 1 fully saturated rings. The molecule has 0 spiro atoms. The Balaban J connectivity index is 0.00000256. The van der Waals surface area contributed by atoms with Gasteiger partial charge in [-0.15, -0.1) is 12.4 Å². The summed E-state index contributed by atoms with van der Waals surface area (Å²) in [4.78, 5) is 22.5. The van der Waals surface area contributed by atoms with Crippen molar-refractivity contribution in [1.29, 1.82) is 0 Å². The van der Waals surface area contributed by atoms with Gasteiger partial charge in [-0.1, -0.05) is 0 Å². The van der Waals surface area contributed by atoms with E-state index in [2.05, 4.69) is 16.0 Å². The van der Waals surface area contributed by atoms with Crippen molar-refractivity contribution in [3.63, 3.8) is 0 Å². The van der Waals surface area contributed by atoms with Gasteiger partial charge in [-0.2, -0.15) is 0 Å². The molecule has 17 heavy (non-hydrogen) atoms. The Kier molecular flexibility index (Phi) is 8.80. The first-order valence-electron chi connectivity index (χ1n) is 5.96. The van der Waals surface area contributed by atoms with Crippen molar-refractivity contribution in [2.24, 2.45) is 5.92 Å². The second kappa shape index (κ2) is 9.24. The quantitative estimate of drug-likeness (QED) is 0.634. The van der Waals surface area contributed by atoms with Crippen molar-refractivity contribution in [3.05, 3.63) is 0 Å². The molecule has 1 unspecified atom stereocenters. The molecule has 1 atom stereocenters. The van der Waals surface area contributed by atoms with E-state index in [0.29, 0.717) is 18.9 Å². The largest absolute Gasteiger partial charge is 0.355 e. The normalized spacial score (nSPS) is 18.3. The van der Waals surface area contributed by atoms with Gasteiger partial charge >= 0.3 is 0 Å². The van der Waals surface area contributed by atoms with Crippen molar-refractivity contribution in [3.8, 4) is 0 Å². The molecule has 6 heteroatoms. The third kappa shape index (κ3) is 7.18. The fraction of sp³-hybridized carbons (Fsp3) is 0.818. The minimum atomic E-state index is -0.126. The van der Waals surface area contributed by atoms with Gasteiger partial charge in [-0.3, -0.25) is 9.59 Å². The maximum atomic E-state index is 11.4. The standard InChI is InChI=1S/C11H21N3O2.ClH/c1-2-13-11(16)8-14-10(15)4-3-9-5-6-12-7-9;/h9,12H,2-8H2,1H3,(H,13,16)(H,14,15);1H. The Labute approximate surface area is 109 Å². The molecule has 0 aromatic carbocycles. The molecule has 1 heterocycles. The number of amides is 2. The van der Waals surface area contributed by atoms with Crippen molar-refractivity contribution >= 4 is 24.2 Å². The van der Waals surface area contributed by atoms with E-state index < -0.39 is 0 Å². The van der Waals surface area contributed by atoms with E-state index in [1.54, 1.807) is 0 Å². The number of hydrogen-bond donors (Lipinski definition) is 3. The average molecular weight is 264 g/mol. The van der Waals surface area contributed by atoms with Crippen LogP contribution in [-0.2, 0) is 9.59 Å². The van der Waals surface area contributed by atoms with Crippen LogP contribution in [0, 0.1) is 5.92 Å². The van der Waals surface area contributed by atoms with Gasteiger partial charge in [0, 0.05) is 13.0 Å². The highest BCUT2D eigenvalue weighted by atomic mass is 35.5.